The average molecular weight is 304 g/mol. The van der Waals surface area contributed by atoms with E-state index in [0.29, 0.717) is 43.4 Å². The minimum Gasteiger partial charge on any atom is -0.399 e. The summed E-state index contributed by atoms with van der Waals surface area (Å²) in [5.41, 5.74) is 7.42. The number of nitrogens with two attached hydrogens (primary N) is 1. The predicted octanol–water partition coefficient (Wildman–Crippen LogP) is 0.999. The number of nitrogens with zero attached hydrogens (tertiary/aromatic N) is 2. The fraction of sp³-hybridized carbons (Fsp3) is 0.500. The summed E-state index contributed by atoms with van der Waals surface area (Å²) in [7, 11) is -3.08. The van der Waals surface area contributed by atoms with Crippen molar-refractivity contribution < 1.29 is 8.42 Å². The highest BCUT2D eigenvalue weighted by atomic mass is 35.5. The number of piperazine rings is 1. The Morgan fingerprint density at radius 1 is 1.26 bits per heavy atom. The molecule has 0 aliphatic carbocycles. The molecule has 0 radical (unpaired) electrons. The van der Waals surface area contributed by atoms with Crippen molar-refractivity contribution >= 4 is 27.3 Å². The third kappa shape index (κ3) is 3.82. The van der Waals surface area contributed by atoms with Gasteiger partial charge in [-0.05, 0) is 23.8 Å². The number of hydrogen-bond donors (Lipinski definition) is 1. The van der Waals surface area contributed by atoms with Gasteiger partial charge in [-0.3, -0.25) is 4.90 Å². The van der Waals surface area contributed by atoms with Crippen LogP contribution in [0.2, 0.25) is 5.02 Å². The van der Waals surface area contributed by atoms with Crippen molar-refractivity contribution in [3.63, 3.8) is 0 Å². The number of rotatable bonds is 3. The number of benzene rings is 1. The molecule has 0 aromatic heterocycles. The molecule has 0 amide bonds. The van der Waals surface area contributed by atoms with Crippen LogP contribution in [0.15, 0.2) is 18.2 Å². The summed E-state index contributed by atoms with van der Waals surface area (Å²) < 4.78 is 24.3. The van der Waals surface area contributed by atoms with Crippen LogP contribution in [-0.4, -0.2) is 50.1 Å². The van der Waals surface area contributed by atoms with E-state index in [2.05, 4.69) is 4.90 Å². The van der Waals surface area contributed by atoms with Crippen LogP contribution in [0.4, 0.5) is 5.69 Å². The molecule has 0 atom stereocenters. The van der Waals surface area contributed by atoms with Gasteiger partial charge < -0.3 is 5.73 Å². The molecule has 0 spiro atoms. The Hall–Kier alpha value is -0.820. The zero-order chi connectivity index (χ0) is 14.0. The molecule has 1 saturated heterocycles. The molecule has 0 bridgehead atoms. The Kier molecular flexibility index (Phi) is 4.35. The largest absolute Gasteiger partial charge is 0.399 e. The highest BCUT2D eigenvalue weighted by Crippen LogP contribution is 2.21. The molecule has 2 rings (SSSR count). The lowest BCUT2D eigenvalue weighted by atomic mass is 10.2. The van der Waals surface area contributed by atoms with E-state index >= 15 is 0 Å². The van der Waals surface area contributed by atoms with Gasteiger partial charge in [0, 0.05) is 43.4 Å². The molecular weight excluding hydrogens is 286 g/mol. The van der Waals surface area contributed by atoms with E-state index in [1.165, 1.54) is 10.6 Å². The summed E-state index contributed by atoms with van der Waals surface area (Å²) >= 11 is 6.13. The van der Waals surface area contributed by atoms with Crippen molar-refractivity contribution in [1.29, 1.82) is 0 Å². The first-order valence-electron chi connectivity index (χ1n) is 6.07. The van der Waals surface area contributed by atoms with E-state index in [1.807, 2.05) is 6.07 Å². The molecule has 2 N–H and O–H groups in total. The zero-order valence-electron chi connectivity index (χ0n) is 10.8. The minimum absolute atomic E-state index is 0.527. The molecule has 1 aliphatic heterocycles. The van der Waals surface area contributed by atoms with Crippen molar-refractivity contribution in [3.8, 4) is 0 Å². The Bertz CT molecular complexity index is 554. The van der Waals surface area contributed by atoms with Crippen LogP contribution in [0.25, 0.3) is 0 Å². The first-order valence-corrected chi connectivity index (χ1v) is 8.30. The van der Waals surface area contributed by atoms with Gasteiger partial charge in [-0.15, -0.1) is 0 Å². The fourth-order valence-corrected chi connectivity index (χ4v) is 3.18. The molecular formula is C12H18ClN3O2S. The summed E-state index contributed by atoms with van der Waals surface area (Å²) in [4.78, 5) is 2.18. The minimum atomic E-state index is -3.08. The molecule has 19 heavy (non-hydrogen) atoms. The summed E-state index contributed by atoms with van der Waals surface area (Å²) in [6.45, 7) is 3.16. The van der Waals surface area contributed by atoms with Gasteiger partial charge in [0.1, 0.15) is 0 Å². The van der Waals surface area contributed by atoms with Gasteiger partial charge in [-0.1, -0.05) is 11.6 Å². The number of anilines is 1. The average Bonchev–Trinajstić information content (AvgIpc) is 2.33. The lowest BCUT2D eigenvalue weighted by Gasteiger charge is -2.33. The first-order chi connectivity index (χ1) is 8.86. The van der Waals surface area contributed by atoms with E-state index in [9.17, 15) is 8.42 Å². The predicted molar refractivity (Wildman–Crippen MR) is 77.6 cm³/mol. The van der Waals surface area contributed by atoms with Crippen molar-refractivity contribution in [2.24, 2.45) is 0 Å². The third-order valence-corrected chi connectivity index (χ3v) is 4.94. The number of nitrogen functional groups attached to an aromatic ring is 1. The second-order valence-corrected chi connectivity index (χ2v) is 7.18. The van der Waals surface area contributed by atoms with Crippen LogP contribution in [-0.2, 0) is 16.6 Å². The molecule has 1 aromatic rings. The lowest BCUT2D eigenvalue weighted by Crippen LogP contribution is -2.47. The maximum atomic E-state index is 11.4. The van der Waals surface area contributed by atoms with Gasteiger partial charge in [-0.25, -0.2) is 8.42 Å². The van der Waals surface area contributed by atoms with Crippen LogP contribution in [0, 0.1) is 0 Å². The Morgan fingerprint density at radius 2 is 1.89 bits per heavy atom. The maximum Gasteiger partial charge on any atom is 0.211 e. The van der Waals surface area contributed by atoms with Gasteiger partial charge in [0.2, 0.25) is 10.0 Å². The van der Waals surface area contributed by atoms with Gasteiger partial charge in [0.15, 0.2) is 0 Å². The van der Waals surface area contributed by atoms with Crippen LogP contribution in [0.5, 0.6) is 0 Å². The standard InChI is InChI=1S/C12H18ClN3O2S/c1-19(17,18)16-6-4-15(5-7-16)9-10-8-11(14)2-3-12(10)13/h2-3,8H,4-7,9,14H2,1H3. The molecule has 1 heterocycles. The van der Waals surface area contributed by atoms with Gasteiger partial charge in [-0.2, -0.15) is 4.31 Å². The monoisotopic (exact) mass is 303 g/mol. The van der Waals surface area contributed by atoms with Gasteiger partial charge in [0.25, 0.3) is 0 Å². The Morgan fingerprint density at radius 3 is 2.47 bits per heavy atom. The van der Waals surface area contributed by atoms with Crippen molar-refractivity contribution in [2.45, 2.75) is 6.54 Å². The number of hydrogen-bond acceptors (Lipinski definition) is 4. The summed E-state index contributed by atoms with van der Waals surface area (Å²) in [5.74, 6) is 0. The molecule has 0 saturated carbocycles. The van der Waals surface area contributed by atoms with E-state index < -0.39 is 10.0 Å². The first kappa shape index (κ1) is 14.6. The lowest BCUT2D eigenvalue weighted by molar-refractivity contribution is 0.182. The molecule has 7 heteroatoms. The van der Waals surface area contributed by atoms with Gasteiger partial charge >= 0.3 is 0 Å². The highest BCUT2D eigenvalue weighted by molar-refractivity contribution is 7.88. The van der Waals surface area contributed by atoms with Crippen molar-refractivity contribution in [1.82, 2.24) is 9.21 Å². The molecule has 106 valence electrons. The fourth-order valence-electron chi connectivity index (χ4n) is 2.18. The molecule has 0 unspecified atom stereocenters. The van der Waals surface area contributed by atoms with Crippen LogP contribution in [0.1, 0.15) is 5.56 Å². The van der Waals surface area contributed by atoms with E-state index in [0.717, 1.165) is 5.56 Å². The molecule has 1 fully saturated rings. The van der Waals surface area contributed by atoms with Crippen LogP contribution in [0.3, 0.4) is 0 Å². The van der Waals surface area contributed by atoms with Crippen LogP contribution >= 0.6 is 11.6 Å². The summed E-state index contributed by atoms with van der Waals surface area (Å²) in [6.07, 6.45) is 1.25. The van der Waals surface area contributed by atoms with Gasteiger partial charge in [0.05, 0.1) is 6.26 Å². The normalized spacial score (nSPS) is 18.6. The third-order valence-electron chi connectivity index (χ3n) is 3.26. The molecule has 5 nitrogen and oxygen atoms in total. The summed E-state index contributed by atoms with van der Waals surface area (Å²) in [5, 5.41) is 0.694. The smallest absolute Gasteiger partial charge is 0.211 e. The zero-order valence-corrected chi connectivity index (χ0v) is 12.4. The SMILES string of the molecule is CS(=O)(=O)N1CCN(Cc2cc(N)ccc2Cl)CC1. The quantitative estimate of drug-likeness (QED) is 0.846. The molecule has 1 aromatic carbocycles. The van der Waals surface area contributed by atoms with Crippen molar-refractivity contribution in [3.05, 3.63) is 28.8 Å². The van der Waals surface area contributed by atoms with Crippen LogP contribution < -0.4 is 5.73 Å². The Labute approximate surface area is 119 Å². The van der Waals surface area contributed by atoms with E-state index in [-0.39, 0.29) is 0 Å². The second-order valence-electron chi connectivity index (χ2n) is 4.79. The second kappa shape index (κ2) is 5.66. The van der Waals surface area contributed by atoms with E-state index in [1.54, 1.807) is 12.1 Å². The van der Waals surface area contributed by atoms with Crippen molar-refractivity contribution in [2.75, 3.05) is 38.2 Å². The van der Waals surface area contributed by atoms with E-state index in [4.69, 9.17) is 17.3 Å². The topological polar surface area (TPSA) is 66.6 Å². The number of sulfonamides is 1. The molecule has 1 aliphatic rings. The Balaban J connectivity index is 1.98. The summed E-state index contributed by atoms with van der Waals surface area (Å²) in [6, 6.07) is 5.43. The highest BCUT2D eigenvalue weighted by Gasteiger charge is 2.23. The number of halogens is 1. The maximum absolute atomic E-state index is 11.4.